The molecule has 0 radical (unpaired) electrons. The zero-order valence-electron chi connectivity index (χ0n) is 68.6. The fraction of sp³-hybridized carbons (Fsp3) is 0.308. The monoisotopic (exact) mass is 1710 g/mol. The summed E-state index contributed by atoms with van der Waals surface area (Å²) in [6, 6.07) is 51.3. The van der Waals surface area contributed by atoms with Crippen LogP contribution >= 0.6 is 28.3 Å². The number of likely N-dealkylation sites (tertiary alicyclic amines) is 2. The predicted molar refractivity (Wildman–Crippen MR) is 469 cm³/mol. The van der Waals surface area contributed by atoms with E-state index >= 15 is 0 Å². The summed E-state index contributed by atoms with van der Waals surface area (Å²) < 4.78 is 15.7. The van der Waals surface area contributed by atoms with Crippen molar-refractivity contribution < 1.29 is 48.6 Å². The van der Waals surface area contributed by atoms with Crippen LogP contribution in [0.5, 0.6) is 0 Å². The molecule has 20 rings (SSSR count). The van der Waals surface area contributed by atoms with E-state index < -0.39 is 11.2 Å². The quantitative estimate of drug-likeness (QED) is 0.0532. The van der Waals surface area contributed by atoms with E-state index in [2.05, 4.69) is 184 Å². The van der Waals surface area contributed by atoms with E-state index in [1.54, 1.807) is 34.3 Å². The van der Waals surface area contributed by atoms with Gasteiger partial charge in [-0.1, -0.05) is 158 Å². The van der Waals surface area contributed by atoms with Gasteiger partial charge in [0.25, 0.3) is 0 Å². The molecule has 10 heterocycles. The van der Waals surface area contributed by atoms with Crippen LogP contribution in [0.25, 0.3) is 104 Å². The van der Waals surface area contributed by atoms with Crippen LogP contribution in [0.15, 0.2) is 210 Å². The first-order valence-electron chi connectivity index (χ1n) is 39.8. The number of amides is 2. The summed E-state index contributed by atoms with van der Waals surface area (Å²) in [5.41, 5.74) is 58.7. The Morgan fingerprint density at radius 1 is 0.463 bits per heavy atom. The number of nitrogens with one attached hydrogen (secondary N) is 1. The number of nitrogens with zero attached hydrogens (tertiary/aromatic N) is 22. The minimum atomic E-state index is -0.472. The van der Waals surface area contributed by atoms with Gasteiger partial charge in [-0.05, 0) is 190 Å². The number of halogens is 2. The summed E-state index contributed by atoms with van der Waals surface area (Å²) in [4.78, 5) is 57.0. The molecule has 12 aromatic rings. The largest absolute Gasteiger partial charge is 1.00 e. The van der Waals surface area contributed by atoms with E-state index in [-0.39, 0.29) is 60.1 Å². The minimum Gasteiger partial charge on any atom is -0.444 e. The van der Waals surface area contributed by atoms with Gasteiger partial charge in [-0.25, -0.2) is 19.0 Å². The molecule has 0 spiro atoms. The molecule has 5 aliphatic carbocycles. The summed E-state index contributed by atoms with van der Waals surface area (Å²) in [6.45, 7) is 16.2. The second kappa shape index (κ2) is 40.3. The van der Waals surface area contributed by atoms with Crippen molar-refractivity contribution in [2.24, 2.45) is 16.1 Å². The minimum absolute atomic E-state index is 0. The first-order chi connectivity index (χ1) is 57.8. The Balaban J connectivity index is 0.000000135. The Morgan fingerprint density at radius 2 is 0.777 bits per heavy atom. The molecule has 608 valence electrons. The van der Waals surface area contributed by atoms with Crippen LogP contribution in [0, 0.1) is 18.3 Å². The van der Waals surface area contributed by atoms with Gasteiger partial charge in [0.15, 0.2) is 0 Å². The number of carbonyl (C=O) groups excluding carboxylic acids is 2. The van der Waals surface area contributed by atoms with Gasteiger partial charge >= 0.3 is 41.7 Å². The number of fused-ring (bicyclic) bond motifs is 15. The molecule has 8 aliphatic rings. The van der Waals surface area contributed by atoms with Crippen LogP contribution in [-0.4, -0.2) is 127 Å². The van der Waals surface area contributed by atoms with Crippen molar-refractivity contribution in [1.82, 2.24) is 70.0 Å². The van der Waals surface area contributed by atoms with Gasteiger partial charge in [0.05, 0.1) is 63.6 Å². The fourth-order valence-corrected chi connectivity index (χ4v) is 16.8. The van der Waals surface area contributed by atoms with Gasteiger partial charge in [0.2, 0.25) is 0 Å². The Labute approximate surface area is 739 Å². The van der Waals surface area contributed by atoms with E-state index in [0.29, 0.717) is 49.4 Å². The van der Waals surface area contributed by atoms with Crippen molar-refractivity contribution in [3.8, 4) is 79.4 Å². The van der Waals surface area contributed by atoms with Crippen molar-refractivity contribution >= 4 is 51.9 Å². The SMILES string of the molecule is Brc1ccnc2c1-c1ccccc1C2.C#CC1CCN(C(=O)OC(C)(C)C)CC1.CC(C)(C)OC(=O)N1CCC(c2cn(-c3ccnc4c3-c3ccccc3C4)nn2)CC1.Cl.[N-]=[N+]=Nc1ccnc2c1-c1ccccc1C2.[N-]=[N+]=Nc1ccnc2c1-c1ccccc1C2.[N-]=[N+]=[N-].[Na+].c1ccc2c(c1)Cc1nccc(-n3cc(C4CCNCC4)nn3)c1-2. The van der Waals surface area contributed by atoms with E-state index in [0.717, 1.165) is 162 Å². The maximum absolute atomic E-state index is 12.3. The van der Waals surface area contributed by atoms with E-state index in [1.165, 1.54) is 66.2 Å². The number of terminal acetylenes is 1. The summed E-state index contributed by atoms with van der Waals surface area (Å²) in [7, 11) is 0. The molecule has 5 aromatic carbocycles. The van der Waals surface area contributed by atoms with E-state index in [4.69, 9.17) is 38.0 Å². The molecule has 1 N–H and O–H groups in total. The predicted octanol–water partition coefficient (Wildman–Crippen LogP) is 18.2. The third-order valence-corrected chi connectivity index (χ3v) is 22.4. The summed E-state index contributed by atoms with van der Waals surface area (Å²) in [6.07, 6.45) is 28.1. The first-order valence-corrected chi connectivity index (χ1v) is 40.6. The van der Waals surface area contributed by atoms with Gasteiger partial charge in [-0.2, -0.15) is 0 Å². The molecule has 2 amide bonds. The number of piperidine rings is 3. The molecule has 121 heavy (non-hydrogen) atoms. The molecule has 7 aromatic heterocycles. The molecule has 3 saturated heterocycles. The summed E-state index contributed by atoms with van der Waals surface area (Å²) >= 11 is 3.58. The average Bonchev–Trinajstić information content (AvgIpc) is 1.61. The molecule has 3 fully saturated rings. The van der Waals surface area contributed by atoms with Crippen molar-refractivity contribution in [3.05, 3.63) is 304 Å². The number of hydrogen-bond donors (Lipinski definition) is 1. The van der Waals surface area contributed by atoms with Crippen LogP contribution in [0.2, 0.25) is 0 Å². The Hall–Kier alpha value is -12.1. The molecular weight excluding hydrogens is 1620 g/mol. The zero-order chi connectivity index (χ0) is 83.2. The van der Waals surface area contributed by atoms with E-state index in [1.807, 2.05) is 130 Å². The molecular formula is C91H90BrClN23NaO4. The standard InChI is InChI=1S/C24H27N5O2.C19H19N5.C12H8BrN.2C12H8N4.C12H19NO2.ClH.N3.Na/c1-24(2,3)31-23(30)28-12-9-16(10-13-28)20-15-29(27-26-20)21-8-11-25-19-14-17-6-4-5-7-18(17)22(19)21;1-2-4-15-14(3-1)11-16-19(15)18(7-10-21-16)24-12-17(22-23-24)13-5-8-20-9-6-13;13-10-5-6-14-11-7-8-3-1-2-4-9(8)12(10)11;2*13-16-15-10-5-6-14-11-7-8-3-1-2-4-9(8)12(10)11;1-5-10-6-8-13(9-7-10)11(14)15-12(2,3)4;;1-3-2;/h4-8,11,15-16H,9-10,12-14H2,1-3H3;1-4,7,10,12-13,20H,5-6,8-9,11H2;1-6H,7H2;2*1-6H,7H2;1,10H,6-9H2,2-4H3;1H;;/q;;;;;;;-1;+1. The number of hydrogen-bond acceptors (Lipinski definition) is 16. The molecule has 27 nitrogen and oxygen atoms in total. The second-order valence-corrected chi connectivity index (χ2v) is 32.6. The topological polar surface area (TPSA) is 353 Å². The second-order valence-electron chi connectivity index (χ2n) is 31.7. The molecule has 3 aliphatic heterocycles. The number of ether oxygens (including phenoxy) is 2. The Morgan fingerprint density at radius 3 is 1.14 bits per heavy atom. The molecule has 0 atom stereocenters. The van der Waals surface area contributed by atoms with Crippen molar-refractivity contribution in [2.45, 2.75) is 135 Å². The first kappa shape index (κ1) is 88.2. The molecule has 30 heteroatoms. The van der Waals surface area contributed by atoms with E-state index in [9.17, 15) is 9.59 Å². The number of carbonyl (C=O) groups is 2. The van der Waals surface area contributed by atoms with Gasteiger partial charge in [0, 0.05) is 161 Å². The van der Waals surface area contributed by atoms with Gasteiger partial charge in [-0.15, -0.1) is 34.9 Å². The van der Waals surface area contributed by atoms with Crippen LogP contribution in [0.4, 0.5) is 21.0 Å². The van der Waals surface area contributed by atoms with Crippen LogP contribution in [0.3, 0.4) is 0 Å². The third-order valence-electron chi connectivity index (χ3n) is 21.8. The average molecular weight is 1710 g/mol. The summed E-state index contributed by atoms with van der Waals surface area (Å²) in [5, 5.41) is 28.7. The van der Waals surface area contributed by atoms with Gasteiger partial charge < -0.3 is 35.7 Å². The Bertz CT molecular complexity index is 5800. The maximum atomic E-state index is 12.3. The van der Waals surface area contributed by atoms with Crippen LogP contribution in [-0.2, 0) is 41.6 Å². The van der Waals surface area contributed by atoms with Crippen LogP contribution in [0.1, 0.15) is 160 Å². The zero-order valence-corrected chi connectivity index (χ0v) is 73.0. The third kappa shape index (κ3) is 20.8. The Kier molecular flexibility index (Phi) is 29.4. The molecule has 0 saturated carbocycles. The molecule has 0 bridgehead atoms. The number of aromatic nitrogens is 11. The van der Waals surface area contributed by atoms with Crippen LogP contribution < -0.4 is 34.9 Å². The van der Waals surface area contributed by atoms with Gasteiger partial charge in [0.1, 0.15) is 11.2 Å². The summed E-state index contributed by atoms with van der Waals surface area (Å²) in [5.74, 6) is 3.86. The number of azide groups is 2. The fourth-order valence-electron chi connectivity index (χ4n) is 16.2. The number of pyridine rings is 5. The number of rotatable bonds is 6. The number of benzene rings is 5. The normalized spacial score (nSPS) is 14.3. The molecule has 0 unspecified atom stereocenters. The van der Waals surface area contributed by atoms with Crippen molar-refractivity contribution in [1.29, 1.82) is 0 Å². The smallest absolute Gasteiger partial charge is 0.444 e. The maximum Gasteiger partial charge on any atom is 1.00 e. The van der Waals surface area contributed by atoms with Gasteiger partial charge in [-0.3, -0.25) is 29.8 Å². The van der Waals surface area contributed by atoms with Crippen molar-refractivity contribution in [3.63, 3.8) is 0 Å². The van der Waals surface area contributed by atoms with Crippen molar-refractivity contribution in [2.75, 3.05) is 39.3 Å².